The minimum atomic E-state index is -4.53. The van der Waals surface area contributed by atoms with E-state index in [1.54, 1.807) is 12.3 Å². The van der Waals surface area contributed by atoms with Gasteiger partial charge < -0.3 is 10.6 Å². The van der Waals surface area contributed by atoms with Crippen molar-refractivity contribution >= 4 is 29.8 Å². The first-order valence-electron chi connectivity index (χ1n) is 10.4. The molecule has 32 heavy (non-hydrogen) atoms. The Labute approximate surface area is 189 Å². The Morgan fingerprint density at radius 2 is 1.94 bits per heavy atom. The number of nitrogens with zero attached hydrogens (tertiary/aromatic N) is 1. The smallest absolute Gasteiger partial charge is 0.383 e. The molecule has 1 heterocycles. The molecule has 8 heteroatoms. The molecule has 1 aromatic heterocycles. The average molecular weight is 464 g/mol. The van der Waals surface area contributed by atoms with Crippen molar-refractivity contribution < 1.29 is 18.0 Å². The number of halogens is 4. The van der Waals surface area contributed by atoms with Gasteiger partial charge in [-0.3, -0.25) is 9.78 Å². The van der Waals surface area contributed by atoms with Crippen molar-refractivity contribution in [3.8, 4) is 0 Å². The molecule has 1 amide bonds. The van der Waals surface area contributed by atoms with Gasteiger partial charge in [0, 0.05) is 18.8 Å². The second-order valence-electron chi connectivity index (χ2n) is 7.89. The zero-order valence-electron chi connectivity index (χ0n) is 17.5. The van der Waals surface area contributed by atoms with E-state index >= 15 is 0 Å². The van der Waals surface area contributed by atoms with Gasteiger partial charge in [0.2, 0.25) is 0 Å². The largest absolute Gasteiger partial charge is 0.416 e. The van der Waals surface area contributed by atoms with Crippen LogP contribution in [0.4, 0.5) is 13.2 Å². The van der Waals surface area contributed by atoms with Crippen molar-refractivity contribution in [2.45, 2.75) is 37.9 Å². The molecule has 3 rings (SSSR count). The number of nitrogens with one attached hydrogen (secondary N) is 2. The second kappa shape index (κ2) is 10.2. The fraction of sp³-hybridized carbons (Fsp3) is 0.333. The van der Waals surface area contributed by atoms with E-state index in [0.29, 0.717) is 5.92 Å². The Bertz CT molecular complexity index is 1090. The molecule has 2 N–H and O–H groups in total. The van der Waals surface area contributed by atoms with Gasteiger partial charge >= 0.3 is 6.18 Å². The highest BCUT2D eigenvalue weighted by atomic mass is 35.5. The number of benzene rings is 1. The summed E-state index contributed by atoms with van der Waals surface area (Å²) < 4.78 is 38.9. The molecule has 1 fully saturated rings. The first-order chi connectivity index (χ1) is 15.2. The van der Waals surface area contributed by atoms with Crippen LogP contribution in [0.15, 0.2) is 49.2 Å². The Balaban J connectivity index is 1.56. The molecule has 170 valence electrons. The molecule has 1 saturated carbocycles. The molecular formula is C24H25ClF3N3O. The van der Waals surface area contributed by atoms with Gasteiger partial charge in [0.25, 0.3) is 5.91 Å². The van der Waals surface area contributed by atoms with Gasteiger partial charge in [-0.2, -0.15) is 13.2 Å². The number of alkyl halides is 3. The SMILES string of the molecule is C=C/C(NCC1CCC(NC(=O)c2cc(C(F)(F)F)ccc2Cl)CC1)=c1/ncccc1=C. The van der Waals surface area contributed by atoms with Crippen molar-refractivity contribution in [1.29, 1.82) is 0 Å². The molecule has 1 aliphatic carbocycles. The van der Waals surface area contributed by atoms with Crippen LogP contribution in [0.1, 0.15) is 41.6 Å². The number of amides is 1. The van der Waals surface area contributed by atoms with E-state index in [9.17, 15) is 18.0 Å². The fourth-order valence-corrected chi connectivity index (χ4v) is 4.04. The maximum Gasteiger partial charge on any atom is 0.416 e. The van der Waals surface area contributed by atoms with Crippen molar-refractivity contribution in [2.24, 2.45) is 5.92 Å². The topological polar surface area (TPSA) is 54.0 Å². The highest BCUT2D eigenvalue weighted by Gasteiger charge is 2.32. The molecule has 1 aromatic carbocycles. The molecule has 0 saturated heterocycles. The van der Waals surface area contributed by atoms with Crippen molar-refractivity contribution in [1.82, 2.24) is 15.6 Å². The van der Waals surface area contributed by atoms with Gasteiger partial charge in [-0.15, -0.1) is 0 Å². The maximum atomic E-state index is 13.0. The Kier molecular flexibility index (Phi) is 7.61. The number of rotatable bonds is 6. The van der Waals surface area contributed by atoms with Crippen LogP contribution in [0.3, 0.4) is 0 Å². The van der Waals surface area contributed by atoms with Crippen LogP contribution in [-0.4, -0.2) is 23.5 Å². The highest BCUT2D eigenvalue weighted by Crippen LogP contribution is 2.32. The number of carbonyl (C=O) groups is 1. The van der Waals surface area contributed by atoms with E-state index in [1.165, 1.54) is 0 Å². The molecule has 1 aliphatic rings. The van der Waals surface area contributed by atoms with E-state index in [2.05, 4.69) is 28.8 Å². The summed E-state index contributed by atoms with van der Waals surface area (Å²) in [6, 6.07) is 6.39. The number of carbonyl (C=O) groups excluding carboxylic acids is 1. The number of hydrogen-bond donors (Lipinski definition) is 2. The van der Waals surface area contributed by atoms with Crippen LogP contribution in [0.25, 0.3) is 12.3 Å². The standard InChI is InChI=1S/C24H25ClF3N3O/c1-3-21(22-15(2)5-4-12-29-22)30-14-16-6-9-18(10-7-16)31-23(32)19-13-17(24(26,27)28)8-11-20(19)25/h3-5,8,11-13,16,18,30H,1-2,6-7,9-10,14H2,(H,31,32)/b22-21-. The Morgan fingerprint density at radius 1 is 1.22 bits per heavy atom. The molecule has 0 unspecified atom stereocenters. The molecule has 4 nitrogen and oxygen atoms in total. The van der Waals surface area contributed by atoms with Gasteiger partial charge in [-0.05, 0) is 67.2 Å². The molecule has 0 bridgehead atoms. The van der Waals surface area contributed by atoms with Crippen molar-refractivity contribution in [3.63, 3.8) is 0 Å². The maximum absolute atomic E-state index is 13.0. The van der Waals surface area contributed by atoms with E-state index in [0.717, 1.165) is 66.7 Å². The number of aromatic nitrogens is 1. The molecule has 2 aromatic rings. The van der Waals surface area contributed by atoms with Gasteiger partial charge in [0.15, 0.2) is 0 Å². The van der Waals surface area contributed by atoms with Crippen LogP contribution < -0.4 is 21.2 Å². The first-order valence-corrected chi connectivity index (χ1v) is 10.7. The quantitative estimate of drug-likeness (QED) is 0.680. The summed E-state index contributed by atoms with van der Waals surface area (Å²) in [5.74, 6) is -0.185. The Hall–Kier alpha value is -2.80. The van der Waals surface area contributed by atoms with Gasteiger partial charge in [-0.25, -0.2) is 0 Å². The zero-order chi connectivity index (χ0) is 23.3. The first kappa shape index (κ1) is 23.9. The molecular weight excluding hydrogens is 439 g/mol. The summed E-state index contributed by atoms with van der Waals surface area (Å²) in [6.45, 7) is 8.57. The highest BCUT2D eigenvalue weighted by molar-refractivity contribution is 6.33. The zero-order valence-corrected chi connectivity index (χ0v) is 18.3. The van der Waals surface area contributed by atoms with Gasteiger partial charge in [-0.1, -0.05) is 30.8 Å². The summed E-state index contributed by atoms with van der Waals surface area (Å²) in [6.07, 6.45) is 2.12. The van der Waals surface area contributed by atoms with Gasteiger partial charge in [0.05, 0.1) is 27.2 Å². The van der Waals surface area contributed by atoms with Crippen LogP contribution in [0.2, 0.25) is 5.02 Å². The average Bonchev–Trinajstić information content (AvgIpc) is 2.75. The van der Waals surface area contributed by atoms with Crippen molar-refractivity contribution in [2.75, 3.05) is 6.54 Å². The van der Waals surface area contributed by atoms with E-state index in [-0.39, 0.29) is 16.6 Å². The van der Waals surface area contributed by atoms with Crippen molar-refractivity contribution in [3.05, 3.63) is 75.9 Å². The lowest BCUT2D eigenvalue weighted by Crippen LogP contribution is -2.40. The van der Waals surface area contributed by atoms with E-state index in [4.69, 9.17) is 11.6 Å². The second-order valence-corrected chi connectivity index (χ2v) is 8.30. The third kappa shape index (κ3) is 5.91. The molecule has 0 radical (unpaired) electrons. The number of hydrogen-bond acceptors (Lipinski definition) is 3. The lowest BCUT2D eigenvalue weighted by molar-refractivity contribution is -0.137. The molecule has 0 atom stereocenters. The van der Waals surface area contributed by atoms with Crippen LogP contribution in [0.5, 0.6) is 0 Å². The minimum Gasteiger partial charge on any atom is -0.383 e. The van der Waals surface area contributed by atoms with E-state index < -0.39 is 17.6 Å². The van der Waals surface area contributed by atoms with Crippen LogP contribution in [0, 0.1) is 5.92 Å². The number of pyridine rings is 1. The van der Waals surface area contributed by atoms with Gasteiger partial charge in [0.1, 0.15) is 0 Å². The third-order valence-electron chi connectivity index (χ3n) is 5.65. The summed E-state index contributed by atoms with van der Waals surface area (Å²) in [7, 11) is 0. The lowest BCUT2D eigenvalue weighted by atomic mass is 9.85. The van der Waals surface area contributed by atoms with E-state index in [1.807, 2.05) is 12.1 Å². The predicted octanol–water partition coefficient (Wildman–Crippen LogP) is 4.04. The van der Waals surface area contributed by atoms with Crippen LogP contribution >= 0.6 is 11.6 Å². The third-order valence-corrected chi connectivity index (χ3v) is 5.98. The Morgan fingerprint density at radius 3 is 2.56 bits per heavy atom. The lowest BCUT2D eigenvalue weighted by Gasteiger charge is -2.29. The predicted molar refractivity (Wildman–Crippen MR) is 120 cm³/mol. The fourth-order valence-electron chi connectivity index (χ4n) is 3.84. The molecule has 0 aliphatic heterocycles. The monoisotopic (exact) mass is 463 g/mol. The summed E-state index contributed by atoms with van der Waals surface area (Å²) in [5, 5.41) is 7.80. The summed E-state index contributed by atoms with van der Waals surface area (Å²) in [5.41, 5.74) is -0.227. The van der Waals surface area contributed by atoms with Crippen LogP contribution in [-0.2, 0) is 6.18 Å². The minimum absolute atomic E-state index is 0.000169. The normalized spacial score (nSPS) is 19.8. The summed E-state index contributed by atoms with van der Waals surface area (Å²) >= 11 is 5.97. The summed E-state index contributed by atoms with van der Waals surface area (Å²) in [4.78, 5) is 16.9. The molecule has 0 spiro atoms.